The molecule has 1 unspecified atom stereocenters. The SMILES string of the molecule is CCNCCNCCNC(CC(=O)N(CCO)CCO)C(CC(=O)N(CCO)CCO)(C(=O)O)C(=O)O. The molecule has 0 radical (unpaired) electrons. The van der Waals surface area contributed by atoms with E-state index in [-0.39, 0.29) is 32.7 Å². The normalized spacial score (nSPS) is 12.2. The number of aliphatic hydroxyl groups is 4. The zero-order valence-corrected chi connectivity index (χ0v) is 21.4. The van der Waals surface area contributed by atoms with Crippen LogP contribution in [0.5, 0.6) is 0 Å². The number of rotatable bonds is 23. The summed E-state index contributed by atoms with van der Waals surface area (Å²) in [5, 5.41) is 66.1. The lowest BCUT2D eigenvalue weighted by Crippen LogP contribution is -2.59. The van der Waals surface area contributed by atoms with Gasteiger partial charge in [0.15, 0.2) is 5.41 Å². The largest absolute Gasteiger partial charge is 0.480 e. The fourth-order valence-corrected chi connectivity index (χ4v) is 3.76. The van der Waals surface area contributed by atoms with E-state index in [0.29, 0.717) is 19.6 Å². The van der Waals surface area contributed by atoms with E-state index in [1.807, 2.05) is 6.92 Å². The van der Waals surface area contributed by atoms with Crippen LogP contribution in [0.2, 0.25) is 0 Å². The van der Waals surface area contributed by atoms with Crippen molar-refractivity contribution in [1.29, 1.82) is 0 Å². The van der Waals surface area contributed by atoms with Gasteiger partial charge < -0.3 is 56.4 Å². The zero-order chi connectivity index (χ0) is 28.3. The van der Waals surface area contributed by atoms with Crippen LogP contribution in [0.3, 0.4) is 0 Å². The second-order valence-electron chi connectivity index (χ2n) is 8.23. The van der Waals surface area contributed by atoms with Gasteiger partial charge in [0.2, 0.25) is 11.8 Å². The summed E-state index contributed by atoms with van der Waals surface area (Å²) in [6.07, 6.45) is -1.69. The number of amides is 2. The molecule has 2 amide bonds. The van der Waals surface area contributed by atoms with Crippen LogP contribution in [0.4, 0.5) is 0 Å². The van der Waals surface area contributed by atoms with E-state index in [1.165, 1.54) is 0 Å². The molecule has 0 saturated heterocycles. The molecule has 0 saturated carbocycles. The third-order valence-corrected chi connectivity index (χ3v) is 5.77. The van der Waals surface area contributed by atoms with Crippen LogP contribution < -0.4 is 16.0 Å². The maximum Gasteiger partial charge on any atom is 0.323 e. The van der Waals surface area contributed by atoms with Gasteiger partial charge in [0.25, 0.3) is 0 Å². The molecule has 0 bridgehead atoms. The first-order valence-electron chi connectivity index (χ1n) is 12.3. The van der Waals surface area contributed by atoms with Crippen molar-refractivity contribution in [3.8, 4) is 0 Å². The number of aliphatic carboxylic acids is 2. The van der Waals surface area contributed by atoms with E-state index in [9.17, 15) is 49.8 Å². The fraction of sp³-hybridized carbons (Fsp3) is 0.818. The van der Waals surface area contributed by atoms with Crippen molar-refractivity contribution >= 4 is 23.8 Å². The summed E-state index contributed by atoms with van der Waals surface area (Å²) >= 11 is 0. The van der Waals surface area contributed by atoms with Crippen molar-refractivity contribution < 1.29 is 49.8 Å². The maximum atomic E-state index is 12.9. The second kappa shape index (κ2) is 19.7. The Morgan fingerprint density at radius 1 is 0.703 bits per heavy atom. The molecule has 0 aromatic heterocycles. The summed E-state index contributed by atoms with van der Waals surface area (Å²) in [5.41, 5.74) is -2.77. The first-order chi connectivity index (χ1) is 17.7. The molecule has 0 fully saturated rings. The Bertz CT molecular complexity index is 671. The maximum absolute atomic E-state index is 12.9. The van der Waals surface area contributed by atoms with Crippen LogP contribution in [0.15, 0.2) is 0 Å². The summed E-state index contributed by atoms with van der Waals surface area (Å²) in [7, 11) is 0. The summed E-state index contributed by atoms with van der Waals surface area (Å²) < 4.78 is 0. The minimum atomic E-state index is -2.77. The van der Waals surface area contributed by atoms with E-state index in [1.54, 1.807) is 0 Å². The monoisotopic (exact) mass is 537 g/mol. The van der Waals surface area contributed by atoms with Gasteiger partial charge in [0.1, 0.15) is 0 Å². The van der Waals surface area contributed by atoms with Crippen molar-refractivity contribution in [2.45, 2.75) is 25.8 Å². The third kappa shape index (κ3) is 11.7. The molecule has 1 atom stereocenters. The highest BCUT2D eigenvalue weighted by atomic mass is 16.4. The van der Waals surface area contributed by atoms with Crippen molar-refractivity contribution in [1.82, 2.24) is 25.8 Å². The lowest BCUT2D eigenvalue weighted by molar-refractivity contribution is -0.171. The average Bonchev–Trinajstić information content (AvgIpc) is 2.85. The summed E-state index contributed by atoms with van der Waals surface area (Å²) in [6.45, 7) is 1.68. The minimum Gasteiger partial charge on any atom is -0.480 e. The highest BCUT2D eigenvalue weighted by Crippen LogP contribution is 2.32. The topological polar surface area (TPSA) is 232 Å². The molecule has 0 aliphatic rings. The first-order valence-corrected chi connectivity index (χ1v) is 12.3. The molecule has 15 nitrogen and oxygen atoms in total. The molecule has 0 aliphatic carbocycles. The van der Waals surface area contributed by atoms with E-state index in [0.717, 1.165) is 16.3 Å². The summed E-state index contributed by atoms with van der Waals surface area (Å²) in [4.78, 5) is 52.8. The second-order valence-corrected chi connectivity index (χ2v) is 8.23. The molecule has 0 aromatic carbocycles. The van der Waals surface area contributed by atoms with E-state index in [4.69, 9.17) is 0 Å². The summed E-state index contributed by atoms with van der Waals surface area (Å²) in [5.74, 6) is -5.34. The van der Waals surface area contributed by atoms with Gasteiger partial charge in [-0.15, -0.1) is 0 Å². The molecule has 9 N–H and O–H groups in total. The van der Waals surface area contributed by atoms with Crippen molar-refractivity contribution in [3.05, 3.63) is 0 Å². The minimum absolute atomic E-state index is 0.0670. The number of carboxylic acid groups (broad SMARTS) is 2. The molecule has 0 spiro atoms. The van der Waals surface area contributed by atoms with Gasteiger partial charge in [-0.25, -0.2) is 0 Å². The number of carboxylic acids is 2. The molecule has 0 heterocycles. The average molecular weight is 538 g/mol. The van der Waals surface area contributed by atoms with E-state index >= 15 is 0 Å². The standard InChI is InChI=1S/C22H43N5O10/c1-2-23-3-4-24-5-6-25-17(15-18(32)26(7-11-28)8-12-29)22(20(34)35,21(36)37)16-19(33)27(9-13-30)10-14-31/h17,23-25,28-31H,2-16H2,1H3,(H,34,35)(H,36,37). The quantitative estimate of drug-likeness (QED) is 0.0444. The van der Waals surface area contributed by atoms with Gasteiger partial charge in [0.05, 0.1) is 32.8 Å². The predicted molar refractivity (Wildman–Crippen MR) is 132 cm³/mol. The Labute approximate surface area is 216 Å². The predicted octanol–water partition coefficient (Wildman–Crippen LogP) is -4.29. The molecule has 0 rings (SSSR count). The van der Waals surface area contributed by atoms with Crippen molar-refractivity contribution in [2.24, 2.45) is 5.41 Å². The molecular weight excluding hydrogens is 494 g/mol. The number of likely N-dealkylation sites (N-methyl/N-ethyl adjacent to an activating group) is 1. The van der Waals surface area contributed by atoms with Crippen LogP contribution >= 0.6 is 0 Å². The van der Waals surface area contributed by atoms with Gasteiger partial charge in [-0.3, -0.25) is 19.2 Å². The van der Waals surface area contributed by atoms with E-state index in [2.05, 4.69) is 16.0 Å². The number of carbonyl (C=O) groups is 4. The molecule has 0 aromatic rings. The van der Waals surface area contributed by atoms with Gasteiger partial charge in [-0.05, 0) is 6.54 Å². The van der Waals surface area contributed by atoms with Gasteiger partial charge in [-0.2, -0.15) is 0 Å². The number of nitrogens with one attached hydrogen (secondary N) is 3. The van der Waals surface area contributed by atoms with Crippen LogP contribution in [-0.4, -0.2) is 156 Å². The fourth-order valence-electron chi connectivity index (χ4n) is 3.76. The van der Waals surface area contributed by atoms with Gasteiger partial charge in [0, 0.05) is 64.8 Å². The van der Waals surface area contributed by atoms with Gasteiger partial charge in [-0.1, -0.05) is 6.92 Å². The molecule has 216 valence electrons. The number of nitrogens with zero attached hydrogens (tertiary/aromatic N) is 2. The number of hydrogen-bond acceptors (Lipinski definition) is 11. The Kier molecular flexibility index (Phi) is 18.4. The van der Waals surface area contributed by atoms with Crippen molar-refractivity contribution in [2.75, 3.05) is 85.3 Å². The van der Waals surface area contributed by atoms with Crippen molar-refractivity contribution in [3.63, 3.8) is 0 Å². The Morgan fingerprint density at radius 3 is 1.57 bits per heavy atom. The van der Waals surface area contributed by atoms with Gasteiger partial charge >= 0.3 is 11.9 Å². The Hall–Kier alpha value is -2.40. The summed E-state index contributed by atoms with van der Waals surface area (Å²) in [6, 6.07) is -1.56. The Morgan fingerprint density at radius 2 is 1.14 bits per heavy atom. The van der Waals surface area contributed by atoms with Crippen LogP contribution in [0.1, 0.15) is 19.8 Å². The molecule has 37 heavy (non-hydrogen) atoms. The molecular formula is C22H43N5O10. The molecule has 15 heteroatoms. The first kappa shape index (κ1) is 34.6. The highest BCUT2D eigenvalue weighted by molar-refractivity contribution is 6.03. The number of aliphatic hydroxyl groups excluding tert-OH is 4. The highest BCUT2D eigenvalue weighted by Gasteiger charge is 2.55. The lowest BCUT2D eigenvalue weighted by atomic mass is 9.74. The van der Waals surface area contributed by atoms with Crippen LogP contribution in [-0.2, 0) is 19.2 Å². The Balaban J connectivity index is 6.09. The van der Waals surface area contributed by atoms with Crippen LogP contribution in [0.25, 0.3) is 0 Å². The van der Waals surface area contributed by atoms with E-state index < -0.39 is 74.5 Å². The number of hydrogen-bond donors (Lipinski definition) is 9. The lowest BCUT2D eigenvalue weighted by Gasteiger charge is -2.36. The van der Waals surface area contributed by atoms with Crippen LogP contribution in [0, 0.1) is 5.41 Å². The zero-order valence-electron chi connectivity index (χ0n) is 21.4. The third-order valence-electron chi connectivity index (χ3n) is 5.77. The number of carbonyl (C=O) groups excluding carboxylic acids is 2. The smallest absolute Gasteiger partial charge is 0.323 e. The molecule has 0 aliphatic heterocycles.